The lowest BCUT2D eigenvalue weighted by atomic mass is 9.94. The zero-order valence-corrected chi connectivity index (χ0v) is 16.7. The molecular formula is C20H27N3O6. The Morgan fingerprint density at radius 2 is 1.93 bits per heavy atom. The number of anilines is 1. The monoisotopic (exact) mass is 405 g/mol. The third kappa shape index (κ3) is 5.23. The van der Waals surface area contributed by atoms with Gasteiger partial charge < -0.3 is 19.3 Å². The van der Waals surface area contributed by atoms with Crippen LogP contribution in [-0.2, 0) is 14.3 Å². The van der Waals surface area contributed by atoms with Crippen molar-refractivity contribution < 1.29 is 24.0 Å². The molecule has 9 heteroatoms. The van der Waals surface area contributed by atoms with E-state index in [1.54, 1.807) is 18.0 Å². The minimum absolute atomic E-state index is 0.0572. The number of esters is 1. The summed E-state index contributed by atoms with van der Waals surface area (Å²) in [5, 5.41) is 11.5. The molecule has 2 fully saturated rings. The highest BCUT2D eigenvalue weighted by atomic mass is 16.6. The molecule has 0 spiro atoms. The number of carbonyl (C=O) groups is 2. The van der Waals surface area contributed by atoms with E-state index in [4.69, 9.17) is 9.47 Å². The number of ether oxygens (including phenoxy) is 2. The van der Waals surface area contributed by atoms with Gasteiger partial charge in [-0.2, -0.15) is 0 Å². The SMILES string of the molecule is CN(C(=O)COC(=O)c1ccc(N2CCOCC2)c([N+](=O)[O-])c1)C1CCCCC1. The normalized spacial score (nSPS) is 17.6. The van der Waals surface area contributed by atoms with Gasteiger partial charge in [-0.05, 0) is 25.0 Å². The van der Waals surface area contributed by atoms with Gasteiger partial charge in [0, 0.05) is 32.2 Å². The molecule has 158 valence electrons. The van der Waals surface area contributed by atoms with Crippen LogP contribution in [0.25, 0.3) is 0 Å². The van der Waals surface area contributed by atoms with E-state index in [9.17, 15) is 19.7 Å². The zero-order valence-electron chi connectivity index (χ0n) is 16.7. The molecule has 0 aromatic heterocycles. The Bertz CT molecular complexity index is 757. The highest BCUT2D eigenvalue weighted by Crippen LogP contribution is 2.30. The molecule has 1 saturated heterocycles. The van der Waals surface area contributed by atoms with Gasteiger partial charge in [0.2, 0.25) is 0 Å². The van der Waals surface area contributed by atoms with E-state index < -0.39 is 10.9 Å². The summed E-state index contributed by atoms with van der Waals surface area (Å²) in [6.45, 7) is 1.72. The van der Waals surface area contributed by atoms with Crippen LogP contribution in [0.4, 0.5) is 11.4 Å². The molecule has 1 aliphatic carbocycles. The third-order valence-corrected chi connectivity index (χ3v) is 5.60. The fraction of sp³-hybridized carbons (Fsp3) is 0.600. The summed E-state index contributed by atoms with van der Waals surface area (Å²) >= 11 is 0. The highest BCUT2D eigenvalue weighted by molar-refractivity contribution is 5.93. The standard InChI is InChI=1S/C20H27N3O6/c1-21(16-5-3-2-4-6-16)19(24)14-29-20(25)15-7-8-17(18(13-15)23(26)27)22-9-11-28-12-10-22/h7-8,13,16H,2-6,9-12,14H2,1H3. The lowest BCUT2D eigenvalue weighted by molar-refractivity contribution is -0.384. The molecule has 3 rings (SSSR count). The Labute approximate surface area is 169 Å². The first-order chi connectivity index (χ1) is 14.0. The van der Waals surface area contributed by atoms with Gasteiger partial charge in [0.1, 0.15) is 5.69 Å². The molecule has 0 bridgehead atoms. The first-order valence-corrected chi connectivity index (χ1v) is 10.0. The van der Waals surface area contributed by atoms with Crippen LogP contribution >= 0.6 is 0 Å². The average molecular weight is 405 g/mol. The summed E-state index contributed by atoms with van der Waals surface area (Å²) in [5.74, 6) is -1.00. The number of hydrogen-bond acceptors (Lipinski definition) is 7. The number of nitro benzene ring substituents is 1. The molecule has 2 aliphatic rings. The van der Waals surface area contributed by atoms with Gasteiger partial charge in [0.25, 0.3) is 11.6 Å². The Morgan fingerprint density at radius 3 is 2.59 bits per heavy atom. The Morgan fingerprint density at radius 1 is 1.24 bits per heavy atom. The van der Waals surface area contributed by atoms with Crippen molar-refractivity contribution in [2.75, 3.05) is 44.9 Å². The number of nitro groups is 1. The zero-order chi connectivity index (χ0) is 20.8. The van der Waals surface area contributed by atoms with Crippen LogP contribution in [-0.4, -0.2) is 67.7 Å². The predicted octanol–water partition coefficient (Wildman–Crippen LogP) is 2.38. The second kappa shape index (κ2) is 9.69. The van der Waals surface area contributed by atoms with E-state index in [1.165, 1.54) is 18.6 Å². The Hall–Kier alpha value is -2.68. The average Bonchev–Trinajstić information content (AvgIpc) is 2.77. The van der Waals surface area contributed by atoms with Crippen LogP contribution in [0.5, 0.6) is 0 Å². The molecule has 9 nitrogen and oxygen atoms in total. The van der Waals surface area contributed by atoms with Crippen molar-refractivity contribution in [1.29, 1.82) is 0 Å². The molecule has 1 amide bonds. The van der Waals surface area contributed by atoms with Crippen molar-refractivity contribution in [3.05, 3.63) is 33.9 Å². The summed E-state index contributed by atoms with van der Waals surface area (Å²) in [4.78, 5) is 39.2. The van der Waals surface area contributed by atoms with E-state index in [0.717, 1.165) is 25.7 Å². The van der Waals surface area contributed by atoms with Crippen molar-refractivity contribution in [2.24, 2.45) is 0 Å². The second-order valence-electron chi connectivity index (χ2n) is 7.43. The number of nitrogens with zero attached hydrogens (tertiary/aromatic N) is 3. The van der Waals surface area contributed by atoms with Gasteiger partial charge in [-0.3, -0.25) is 14.9 Å². The van der Waals surface area contributed by atoms with Crippen molar-refractivity contribution in [3.63, 3.8) is 0 Å². The fourth-order valence-corrected chi connectivity index (χ4v) is 3.85. The molecular weight excluding hydrogens is 378 g/mol. The Balaban J connectivity index is 1.63. The number of morpholine rings is 1. The minimum atomic E-state index is -0.743. The van der Waals surface area contributed by atoms with E-state index in [0.29, 0.717) is 32.0 Å². The molecule has 1 heterocycles. The first kappa shape index (κ1) is 21.0. The highest BCUT2D eigenvalue weighted by Gasteiger charge is 2.25. The smallest absolute Gasteiger partial charge is 0.338 e. The van der Waals surface area contributed by atoms with E-state index in [1.807, 2.05) is 4.90 Å². The maximum Gasteiger partial charge on any atom is 0.338 e. The molecule has 1 aliphatic heterocycles. The molecule has 29 heavy (non-hydrogen) atoms. The molecule has 0 unspecified atom stereocenters. The predicted molar refractivity (Wildman–Crippen MR) is 106 cm³/mol. The number of likely N-dealkylation sites (N-methyl/N-ethyl adjacent to an activating group) is 1. The Kier molecular flexibility index (Phi) is 7.03. The quantitative estimate of drug-likeness (QED) is 0.407. The molecule has 1 aromatic rings. The number of carbonyl (C=O) groups excluding carboxylic acids is 2. The largest absolute Gasteiger partial charge is 0.452 e. The summed E-state index contributed by atoms with van der Waals surface area (Å²) < 4.78 is 10.4. The van der Waals surface area contributed by atoms with Crippen LogP contribution in [0.15, 0.2) is 18.2 Å². The lowest BCUT2D eigenvalue weighted by Crippen LogP contribution is -2.40. The van der Waals surface area contributed by atoms with E-state index >= 15 is 0 Å². The molecule has 0 radical (unpaired) electrons. The summed E-state index contributed by atoms with van der Waals surface area (Å²) in [6.07, 6.45) is 5.31. The van der Waals surface area contributed by atoms with Crippen LogP contribution in [0.2, 0.25) is 0 Å². The number of rotatable bonds is 6. The van der Waals surface area contributed by atoms with E-state index in [2.05, 4.69) is 0 Å². The van der Waals surface area contributed by atoms with Gasteiger partial charge in [-0.15, -0.1) is 0 Å². The van der Waals surface area contributed by atoms with E-state index in [-0.39, 0.29) is 29.8 Å². The van der Waals surface area contributed by atoms with Crippen LogP contribution in [0, 0.1) is 10.1 Å². The number of benzene rings is 1. The summed E-state index contributed by atoms with van der Waals surface area (Å²) in [5.41, 5.74) is 0.344. The summed E-state index contributed by atoms with van der Waals surface area (Å²) in [6, 6.07) is 4.44. The topological polar surface area (TPSA) is 102 Å². The minimum Gasteiger partial charge on any atom is -0.452 e. The van der Waals surface area contributed by atoms with Crippen molar-refractivity contribution in [1.82, 2.24) is 4.90 Å². The second-order valence-corrected chi connectivity index (χ2v) is 7.43. The maximum absolute atomic E-state index is 12.4. The molecule has 0 atom stereocenters. The lowest BCUT2D eigenvalue weighted by Gasteiger charge is -2.31. The van der Waals surface area contributed by atoms with Crippen LogP contribution in [0.3, 0.4) is 0 Å². The van der Waals surface area contributed by atoms with Gasteiger partial charge in [0.05, 0.1) is 23.7 Å². The maximum atomic E-state index is 12.4. The third-order valence-electron chi connectivity index (χ3n) is 5.60. The molecule has 1 aromatic carbocycles. The first-order valence-electron chi connectivity index (χ1n) is 10.0. The van der Waals surface area contributed by atoms with Gasteiger partial charge in [-0.25, -0.2) is 4.79 Å². The van der Waals surface area contributed by atoms with Gasteiger partial charge in [-0.1, -0.05) is 19.3 Å². The van der Waals surface area contributed by atoms with Crippen molar-refractivity contribution in [3.8, 4) is 0 Å². The number of amides is 1. The van der Waals surface area contributed by atoms with Crippen molar-refractivity contribution in [2.45, 2.75) is 38.1 Å². The molecule has 1 saturated carbocycles. The van der Waals surface area contributed by atoms with Crippen LogP contribution in [0.1, 0.15) is 42.5 Å². The van der Waals surface area contributed by atoms with Crippen LogP contribution < -0.4 is 4.90 Å². The van der Waals surface area contributed by atoms with Gasteiger partial charge in [0.15, 0.2) is 6.61 Å². The fourth-order valence-electron chi connectivity index (χ4n) is 3.85. The van der Waals surface area contributed by atoms with Crippen molar-refractivity contribution >= 4 is 23.3 Å². The number of hydrogen-bond donors (Lipinski definition) is 0. The summed E-state index contributed by atoms with van der Waals surface area (Å²) in [7, 11) is 1.73. The van der Waals surface area contributed by atoms with Gasteiger partial charge >= 0.3 is 5.97 Å². The molecule has 0 N–H and O–H groups in total.